The second-order valence-electron chi connectivity index (χ2n) is 1.80. The van der Waals surface area contributed by atoms with Crippen LogP contribution >= 0.6 is 0 Å². The van der Waals surface area contributed by atoms with Crippen LogP contribution in [0.1, 0.15) is 6.92 Å². The number of rotatable bonds is 1. The minimum atomic E-state index is -0.171. The fourth-order valence-electron chi connectivity index (χ4n) is 0.807. The largest absolute Gasteiger partial charge is 0.362 e. The SMILES string of the molecule is C/C=C1/NCOC1OC. The van der Waals surface area contributed by atoms with Crippen molar-refractivity contribution in [2.24, 2.45) is 0 Å². The molecule has 1 saturated heterocycles. The highest BCUT2D eigenvalue weighted by Crippen LogP contribution is 2.09. The second kappa shape index (κ2) is 2.85. The highest BCUT2D eigenvalue weighted by Gasteiger charge is 2.18. The molecule has 0 radical (unpaired) electrons. The first-order valence-corrected chi connectivity index (χ1v) is 2.93. The predicted octanol–water partition coefficient (Wildman–Crippen LogP) is 0.440. The number of allylic oxidation sites excluding steroid dienone is 1. The van der Waals surface area contributed by atoms with Gasteiger partial charge in [-0.05, 0) is 6.92 Å². The molecule has 52 valence electrons. The Kier molecular flexibility index (Phi) is 2.08. The van der Waals surface area contributed by atoms with Gasteiger partial charge in [0.2, 0.25) is 0 Å². The predicted molar refractivity (Wildman–Crippen MR) is 33.6 cm³/mol. The lowest BCUT2D eigenvalue weighted by Gasteiger charge is -2.05. The molecule has 0 saturated carbocycles. The monoisotopic (exact) mass is 129 g/mol. The van der Waals surface area contributed by atoms with Crippen LogP contribution in [0.5, 0.6) is 0 Å². The Hall–Kier alpha value is -0.540. The van der Waals surface area contributed by atoms with E-state index in [-0.39, 0.29) is 6.29 Å². The fraction of sp³-hybridized carbons (Fsp3) is 0.667. The lowest BCUT2D eigenvalue weighted by molar-refractivity contribution is -0.0700. The van der Waals surface area contributed by atoms with E-state index in [0.29, 0.717) is 6.73 Å². The van der Waals surface area contributed by atoms with Crippen LogP contribution in [0.15, 0.2) is 11.8 Å². The summed E-state index contributed by atoms with van der Waals surface area (Å²) in [6, 6.07) is 0. The second-order valence-corrected chi connectivity index (χ2v) is 1.80. The molecule has 1 N–H and O–H groups in total. The van der Waals surface area contributed by atoms with Crippen molar-refractivity contribution < 1.29 is 9.47 Å². The highest BCUT2D eigenvalue weighted by atomic mass is 16.7. The maximum atomic E-state index is 5.10. The van der Waals surface area contributed by atoms with Crippen LogP contribution in [0.3, 0.4) is 0 Å². The molecule has 1 fully saturated rings. The third kappa shape index (κ3) is 1.23. The molecule has 0 aromatic rings. The lowest BCUT2D eigenvalue weighted by atomic mass is 10.4. The van der Waals surface area contributed by atoms with Gasteiger partial charge in [0.1, 0.15) is 6.73 Å². The zero-order chi connectivity index (χ0) is 6.69. The van der Waals surface area contributed by atoms with E-state index >= 15 is 0 Å². The third-order valence-corrected chi connectivity index (χ3v) is 1.29. The van der Waals surface area contributed by atoms with Crippen LogP contribution in [0.2, 0.25) is 0 Å². The standard InChI is InChI=1S/C6H11NO2/c1-3-5-6(8-2)9-4-7-5/h3,6-7H,4H2,1-2H3/b5-3+. The Morgan fingerprint density at radius 1 is 1.89 bits per heavy atom. The van der Waals surface area contributed by atoms with Crippen LogP contribution in [-0.2, 0) is 9.47 Å². The Morgan fingerprint density at radius 2 is 2.67 bits per heavy atom. The van der Waals surface area contributed by atoms with E-state index in [1.165, 1.54) is 0 Å². The molecule has 0 aliphatic carbocycles. The molecule has 9 heavy (non-hydrogen) atoms. The zero-order valence-electron chi connectivity index (χ0n) is 5.68. The van der Waals surface area contributed by atoms with Gasteiger partial charge in [-0.25, -0.2) is 0 Å². The molecule has 1 aliphatic rings. The van der Waals surface area contributed by atoms with Crippen molar-refractivity contribution in [1.29, 1.82) is 0 Å². The molecule has 3 heteroatoms. The van der Waals surface area contributed by atoms with Gasteiger partial charge in [0, 0.05) is 7.11 Å². The smallest absolute Gasteiger partial charge is 0.199 e. The Labute approximate surface area is 54.6 Å². The maximum absolute atomic E-state index is 5.10. The van der Waals surface area contributed by atoms with Gasteiger partial charge in [-0.1, -0.05) is 6.08 Å². The van der Waals surface area contributed by atoms with Gasteiger partial charge in [0.25, 0.3) is 0 Å². The van der Waals surface area contributed by atoms with Gasteiger partial charge in [-0.2, -0.15) is 0 Å². The van der Waals surface area contributed by atoms with Crippen molar-refractivity contribution in [2.75, 3.05) is 13.8 Å². The van der Waals surface area contributed by atoms with E-state index in [1.807, 2.05) is 13.0 Å². The fourth-order valence-corrected chi connectivity index (χ4v) is 0.807. The number of hydrogen-bond donors (Lipinski definition) is 1. The van der Waals surface area contributed by atoms with Gasteiger partial charge in [-0.3, -0.25) is 0 Å². The summed E-state index contributed by atoms with van der Waals surface area (Å²) in [5.41, 5.74) is 1.01. The summed E-state index contributed by atoms with van der Waals surface area (Å²) in [6.07, 6.45) is 1.77. The van der Waals surface area contributed by atoms with Crippen molar-refractivity contribution in [1.82, 2.24) is 5.32 Å². The highest BCUT2D eigenvalue weighted by molar-refractivity contribution is 5.03. The van der Waals surface area contributed by atoms with Gasteiger partial charge < -0.3 is 14.8 Å². The van der Waals surface area contributed by atoms with E-state index in [0.717, 1.165) is 5.70 Å². The topological polar surface area (TPSA) is 30.5 Å². The Bertz CT molecular complexity index is 122. The summed E-state index contributed by atoms with van der Waals surface area (Å²) in [7, 11) is 1.63. The van der Waals surface area contributed by atoms with Crippen LogP contribution in [0.4, 0.5) is 0 Å². The molecule has 0 amide bonds. The van der Waals surface area contributed by atoms with Crippen molar-refractivity contribution in [3.8, 4) is 0 Å². The average Bonchev–Trinajstić information content (AvgIpc) is 2.33. The van der Waals surface area contributed by atoms with Crippen molar-refractivity contribution in [3.63, 3.8) is 0 Å². The molecule has 0 spiro atoms. The summed E-state index contributed by atoms with van der Waals surface area (Å²) < 4.78 is 10.1. The first-order valence-electron chi connectivity index (χ1n) is 2.93. The van der Waals surface area contributed by atoms with E-state index in [9.17, 15) is 0 Å². The van der Waals surface area contributed by atoms with E-state index in [1.54, 1.807) is 7.11 Å². The van der Waals surface area contributed by atoms with Crippen molar-refractivity contribution in [3.05, 3.63) is 11.8 Å². The van der Waals surface area contributed by atoms with Gasteiger partial charge >= 0.3 is 0 Å². The van der Waals surface area contributed by atoms with E-state index in [2.05, 4.69) is 5.32 Å². The van der Waals surface area contributed by atoms with E-state index < -0.39 is 0 Å². The minimum Gasteiger partial charge on any atom is -0.362 e. The number of nitrogens with one attached hydrogen (secondary N) is 1. The van der Waals surface area contributed by atoms with Crippen molar-refractivity contribution in [2.45, 2.75) is 13.2 Å². The molecule has 1 rings (SSSR count). The van der Waals surface area contributed by atoms with Gasteiger partial charge in [0.15, 0.2) is 6.29 Å². The summed E-state index contributed by atoms with van der Waals surface area (Å²) >= 11 is 0. The number of hydrogen-bond acceptors (Lipinski definition) is 3. The number of methoxy groups -OCH3 is 1. The molecule has 3 nitrogen and oxygen atoms in total. The van der Waals surface area contributed by atoms with Crippen LogP contribution in [-0.4, -0.2) is 20.1 Å². The molecule has 1 unspecified atom stereocenters. The lowest BCUT2D eigenvalue weighted by Crippen LogP contribution is -2.12. The average molecular weight is 129 g/mol. The van der Waals surface area contributed by atoms with Crippen LogP contribution in [0, 0.1) is 0 Å². The van der Waals surface area contributed by atoms with Crippen molar-refractivity contribution >= 4 is 0 Å². The first kappa shape index (κ1) is 6.58. The van der Waals surface area contributed by atoms with E-state index in [4.69, 9.17) is 9.47 Å². The quantitative estimate of drug-likeness (QED) is 0.557. The molecule has 1 atom stereocenters. The normalized spacial score (nSPS) is 30.9. The van der Waals surface area contributed by atoms with Gasteiger partial charge in [0.05, 0.1) is 5.70 Å². The molecular weight excluding hydrogens is 118 g/mol. The maximum Gasteiger partial charge on any atom is 0.199 e. The number of ether oxygens (including phenoxy) is 2. The van der Waals surface area contributed by atoms with Crippen LogP contribution in [0.25, 0.3) is 0 Å². The first-order chi connectivity index (χ1) is 4.38. The van der Waals surface area contributed by atoms with Crippen LogP contribution < -0.4 is 5.32 Å². The molecular formula is C6H11NO2. The summed E-state index contributed by atoms with van der Waals surface area (Å²) in [5.74, 6) is 0. The molecule has 0 bridgehead atoms. The molecule has 0 aromatic heterocycles. The third-order valence-electron chi connectivity index (χ3n) is 1.29. The zero-order valence-corrected chi connectivity index (χ0v) is 5.68. The molecule has 1 aliphatic heterocycles. The Morgan fingerprint density at radius 3 is 3.11 bits per heavy atom. The Balaban J connectivity index is 2.52. The minimum absolute atomic E-state index is 0.171. The van der Waals surface area contributed by atoms with Gasteiger partial charge in [-0.15, -0.1) is 0 Å². The molecule has 1 heterocycles. The summed E-state index contributed by atoms with van der Waals surface area (Å²) in [6.45, 7) is 2.50. The summed E-state index contributed by atoms with van der Waals surface area (Å²) in [4.78, 5) is 0. The summed E-state index contributed by atoms with van der Waals surface area (Å²) in [5, 5.41) is 3.02. The molecule has 0 aromatic carbocycles.